The summed E-state index contributed by atoms with van der Waals surface area (Å²) in [6.07, 6.45) is 5.69. The maximum atomic E-state index is 17.6. The van der Waals surface area contributed by atoms with Crippen LogP contribution in [0.5, 0.6) is 5.75 Å². The first-order chi connectivity index (χ1) is 32.1. The van der Waals surface area contributed by atoms with Crippen molar-refractivity contribution in [3.8, 4) is 5.75 Å². The van der Waals surface area contributed by atoms with Gasteiger partial charge in [0.05, 0.1) is 37.1 Å². The van der Waals surface area contributed by atoms with Crippen molar-refractivity contribution in [2.75, 3.05) is 44.9 Å². The molecule has 9 unspecified atom stereocenters. The second-order valence-corrected chi connectivity index (χ2v) is 22.8. The van der Waals surface area contributed by atoms with Gasteiger partial charge in [0.25, 0.3) is 0 Å². The molecule has 1 aromatic carbocycles. The number of hydrogen-bond acceptors (Lipinski definition) is 13. The van der Waals surface area contributed by atoms with E-state index in [-0.39, 0.29) is 79.3 Å². The number of benzene rings is 1. The number of nitrogens with zero attached hydrogens (tertiary/aromatic N) is 3. The number of piperazine rings is 1. The number of aliphatic hydroxyl groups excluding tert-OH is 1. The summed E-state index contributed by atoms with van der Waals surface area (Å²) in [6.45, 7) is 15.2. The van der Waals surface area contributed by atoms with Gasteiger partial charge < -0.3 is 43.5 Å². The van der Waals surface area contributed by atoms with Crippen molar-refractivity contribution in [1.29, 1.82) is 0 Å². The molecule has 4 saturated carbocycles. The summed E-state index contributed by atoms with van der Waals surface area (Å²) in [6, 6.07) is 0.653. The molecule has 1 aromatic heterocycles. The largest absolute Gasteiger partial charge is 0.492 e. The van der Waals surface area contributed by atoms with E-state index in [1.54, 1.807) is 75.8 Å². The lowest BCUT2D eigenvalue weighted by Gasteiger charge is -2.62. The third kappa shape index (κ3) is 8.26. The molecule has 376 valence electrons. The number of ether oxygens (including phenoxy) is 4. The van der Waals surface area contributed by atoms with Gasteiger partial charge in [-0.2, -0.15) is 0 Å². The fourth-order valence-corrected chi connectivity index (χ4v) is 12.7. The highest BCUT2D eigenvalue weighted by atomic mass is 19.1. The Morgan fingerprint density at radius 1 is 0.986 bits per heavy atom. The van der Waals surface area contributed by atoms with Crippen molar-refractivity contribution in [2.45, 2.75) is 142 Å². The topological polar surface area (TPSA) is 191 Å². The molecule has 15 nitrogen and oxygen atoms in total. The Kier molecular flexibility index (Phi) is 12.6. The summed E-state index contributed by atoms with van der Waals surface area (Å²) in [5.74, 6) is -5.29. The van der Waals surface area contributed by atoms with Crippen LogP contribution >= 0.6 is 0 Å². The van der Waals surface area contributed by atoms with Gasteiger partial charge in [0, 0.05) is 60.1 Å². The number of aliphatic hydroxyl groups is 2. The first kappa shape index (κ1) is 50.2. The van der Waals surface area contributed by atoms with Gasteiger partial charge in [-0.1, -0.05) is 39.3 Å². The molecule has 1 amide bonds. The number of allylic oxidation sites excluding steroid dienone is 4. The van der Waals surface area contributed by atoms with E-state index in [2.05, 4.69) is 0 Å². The molecule has 8 rings (SSSR count). The van der Waals surface area contributed by atoms with Gasteiger partial charge in [0.1, 0.15) is 22.5 Å². The van der Waals surface area contributed by atoms with E-state index in [0.717, 1.165) is 18.9 Å². The number of Topliss-reactive ketones (excluding diaryl/α,β-unsaturated/α-hetero) is 1. The number of amides is 1. The Labute approximate surface area is 401 Å². The number of aromatic nitrogens is 1. The van der Waals surface area contributed by atoms with Gasteiger partial charge >= 0.3 is 18.0 Å². The summed E-state index contributed by atoms with van der Waals surface area (Å²) in [5, 5.41) is 24.0. The van der Waals surface area contributed by atoms with Crippen molar-refractivity contribution in [2.24, 2.45) is 34.0 Å². The average molecular weight is 964 g/mol. The van der Waals surface area contributed by atoms with Crippen LogP contribution in [0, 0.1) is 39.8 Å². The smallest absolute Gasteiger partial charge is 0.410 e. The molecular weight excluding hydrogens is 897 g/mol. The minimum atomic E-state index is -2.14. The standard InChI is InChI=1S/C52H67F2N3O12/c1-28-19-36-35-14-11-30-20-32(58)15-16-49(30,8)51(35,54)38(59)22-50(36,9)52(28,65)39(60)26-67-40(61)23-48(6,7)27-68-45(63)34-25-57(31-12-13-31)41-33(43(34)62)21-37(53)42(44(41)66-10)55-17-18-56(29(2)24-55)46(64)69-47(3,4)5/h15-16,20-21,25,28-29,31,35-36,38,59,65H,11-14,17-19,22-24,26-27H2,1-10H3. The van der Waals surface area contributed by atoms with Crippen LogP contribution < -0.4 is 15.1 Å². The van der Waals surface area contributed by atoms with Gasteiger partial charge in [-0.15, -0.1) is 0 Å². The van der Waals surface area contributed by atoms with E-state index in [9.17, 15) is 39.0 Å². The zero-order valence-corrected chi connectivity index (χ0v) is 41.4. The highest BCUT2D eigenvalue weighted by Crippen LogP contribution is 2.70. The van der Waals surface area contributed by atoms with Crippen LogP contribution in [-0.4, -0.2) is 118 Å². The van der Waals surface area contributed by atoms with Gasteiger partial charge in [-0.25, -0.2) is 18.4 Å². The van der Waals surface area contributed by atoms with Crippen molar-refractivity contribution >= 4 is 46.2 Å². The maximum Gasteiger partial charge on any atom is 0.410 e. The van der Waals surface area contributed by atoms with Crippen molar-refractivity contribution in [1.82, 2.24) is 9.47 Å². The van der Waals surface area contributed by atoms with E-state index >= 15 is 8.78 Å². The predicted octanol–water partition coefficient (Wildman–Crippen LogP) is 6.96. The number of carbonyl (C=O) groups excluding carboxylic acids is 5. The first-order valence-electron chi connectivity index (χ1n) is 24.2. The van der Waals surface area contributed by atoms with E-state index in [0.29, 0.717) is 30.4 Å². The molecule has 2 heterocycles. The number of alkyl halides is 1. The van der Waals surface area contributed by atoms with Crippen LogP contribution in [0.15, 0.2) is 40.9 Å². The fraction of sp³-hybridized carbons (Fsp3) is 0.654. The van der Waals surface area contributed by atoms with Crippen LogP contribution in [0.25, 0.3) is 10.9 Å². The van der Waals surface area contributed by atoms with Gasteiger partial charge in [-0.05, 0) is 103 Å². The summed E-state index contributed by atoms with van der Waals surface area (Å²) in [4.78, 5) is 83.8. The normalized spacial score (nSPS) is 32.2. The molecule has 1 saturated heterocycles. The molecule has 2 N–H and O–H groups in total. The molecule has 69 heavy (non-hydrogen) atoms. The minimum Gasteiger partial charge on any atom is -0.492 e. The Hall–Kier alpha value is -5.16. The number of methoxy groups -OCH3 is 1. The lowest BCUT2D eigenvalue weighted by molar-refractivity contribution is -0.220. The number of hydrogen-bond donors (Lipinski definition) is 2. The molecule has 0 bridgehead atoms. The van der Waals surface area contributed by atoms with Gasteiger partial charge in [0.15, 0.2) is 29.6 Å². The van der Waals surface area contributed by atoms with Crippen LogP contribution in [0.2, 0.25) is 0 Å². The van der Waals surface area contributed by atoms with Crippen LogP contribution in [0.1, 0.15) is 124 Å². The number of halogens is 2. The van der Waals surface area contributed by atoms with Crippen molar-refractivity contribution < 1.29 is 61.9 Å². The monoisotopic (exact) mass is 963 g/mol. The lowest BCUT2D eigenvalue weighted by atomic mass is 9.44. The number of fused-ring (bicyclic) bond motifs is 6. The summed E-state index contributed by atoms with van der Waals surface area (Å²) in [5.41, 5.74) is -8.47. The van der Waals surface area contributed by atoms with Gasteiger partial charge in [-0.3, -0.25) is 19.2 Å². The summed E-state index contributed by atoms with van der Waals surface area (Å²) in [7, 11) is 1.39. The number of pyridine rings is 1. The minimum absolute atomic E-state index is 0.0778. The molecule has 17 heteroatoms. The fourth-order valence-electron chi connectivity index (χ4n) is 12.7. The molecule has 0 spiro atoms. The molecular formula is C52H67F2N3O12. The van der Waals surface area contributed by atoms with Crippen LogP contribution in [0.4, 0.5) is 19.3 Å². The highest BCUT2D eigenvalue weighted by molar-refractivity contribution is 6.01. The van der Waals surface area contributed by atoms with E-state index < -0.39 is 98.6 Å². The Morgan fingerprint density at radius 3 is 2.32 bits per heavy atom. The van der Waals surface area contributed by atoms with E-state index in [1.165, 1.54) is 25.5 Å². The Morgan fingerprint density at radius 2 is 1.68 bits per heavy atom. The maximum absolute atomic E-state index is 17.6. The van der Waals surface area contributed by atoms with E-state index in [1.807, 2.05) is 6.92 Å². The number of ketones is 2. The number of esters is 2. The third-order valence-corrected chi connectivity index (χ3v) is 16.4. The predicted molar refractivity (Wildman–Crippen MR) is 250 cm³/mol. The summed E-state index contributed by atoms with van der Waals surface area (Å²) >= 11 is 0. The number of rotatable bonds is 11. The number of anilines is 1. The van der Waals surface area contributed by atoms with Crippen LogP contribution in [-0.2, 0) is 28.6 Å². The van der Waals surface area contributed by atoms with Gasteiger partial charge in [0.2, 0.25) is 11.2 Å². The quantitative estimate of drug-likeness (QED) is 0.174. The SMILES string of the molecule is COc1c(N2CCN(C(=O)OC(C)(C)C)C(C)C2)c(F)cc2c(=O)c(C(=O)OCC(C)(C)CC(=O)OCC(=O)C3(O)C(C)CC4C5CCC6=CC(=O)C=CC6(C)C5(F)C(O)CC43C)cn(C3CC3)c12. The number of carbonyl (C=O) groups is 5. The second-order valence-electron chi connectivity index (χ2n) is 22.8. The molecule has 5 aliphatic carbocycles. The van der Waals surface area contributed by atoms with Crippen molar-refractivity contribution in [3.63, 3.8) is 0 Å². The summed E-state index contributed by atoms with van der Waals surface area (Å²) < 4.78 is 58.2. The molecule has 6 aliphatic rings. The molecule has 5 fully saturated rings. The van der Waals surface area contributed by atoms with E-state index in [4.69, 9.17) is 18.9 Å². The molecule has 9 atom stereocenters. The van der Waals surface area contributed by atoms with Crippen LogP contribution in [0.3, 0.4) is 0 Å². The zero-order valence-electron chi connectivity index (χ0n) is 41.4. The molecule has 0 radical (unpaired) electrons. The molecule has 2 aromatic rings. The second kappa shape index (κ2) is 17.3. The third-order valence-electron chi connectivity index (χ3n) is 16.4. The Balaban J connectivity index is 0.930. The zero-order chi connectivity index (χ0) is 50.6. The average Bonchev–Trinajstić information content (AvgIpc) is 4.09. The Bertz CT molecular complexity index is 2620. The highest BCUT2D eigenvalue weighted by Gasteiger charge is 2.75. The van der Waals surface area contributed by atoms with Crippen molar-refractivity contribution in [3.05, 3.63) is 57.7 Å². The molecule has 1 aliphatic heterocycles. The first-order valence-corrected chi connectivity index (χ1v) is 24.2. The lowest BCUT2D eigenvalue weighted by Crippen LogP contribution is -2.69.